The molecule has 1 nitrogen and oxygen atoms in total. The molecule has 0 saturated heterocycles. The molecular weight excluding hydrogens is 302 g/mol. The van der Waals surface area contributed by atoms with E-state index >= 15 is 0 Å². The van der Waals surface area contributed by atoms with Gasteiger partial charge in [-0.15, -0.1) is 0 Å². The fourth-order valence-electron chi connectivity index (χ4n) is 4.17. The number of hydrogen-bond donors (Lipinski definition) is 1. The summed E-state index contributed by atoms with van der Waals surface area (Å²) in [6, 6.07) is 19.3. The summed E-state index contributed by atoms with van der Waals surface area (Å²) in [5, 5.41) is 3.13. The number of rotatable bonds is 0. The molecule has 0 radical (unpaired) electrons. The maximum Gasteiger partial charge on any atom is 0.0548 e. The number of nitrogens with one attached hydrogen (secondary N) is 1. The van der Waals surface area contributed by atoms with Crippen molar-refractivity contribution in [3.63, 3.8) is 0 Å². The Bertz CT molecular complexity index is 1100. The lowest BCUT2D eigenvalue weighted by Crippen LogP contribution is -2.14. The summed E-state index contributed by atoms with van der Waals surface area (Å²) in [6.07, 6.45) is 0. The Morgan fingerprint density at radius 3 is 2.57 bits per heavy atom. The highest BCUT2D eigenvalue weighted by molar-refractivity contribution is 6.38. The molecule has 0 unspecified atom stereocenters. The number of fused-ring (bicyclic) bond motifs is 7. The van der Waals surface area contributed by atoms with Crippen molar-refractivity contribution in [2.75, 3.05) is 0 Å². The van der Waals surface area contributed by atoms with Gasteiger partial charge in [0, 0.05) is 27.3 Å². The smallest absolute Gasteiger partial charge is 0.0548 e. The first-order valence-corrected chi connectivity index (χ1v) is 8.30. The maximum absolute atomic E-state index is 6.46. The van der Waals surface area contributed by atoms with E-state index in [-0.39, 0.29) is 5.41 Å². The van der Waals surface area contributed by atoms with Crippen molar-refractivity contribution in [1.29, 1.82) is 0 Å². The highest BCUT2D eigenvalue weighted by atomic mass is 35.5. The Morgan fingerprint density at radius 1 is 0.870 bits per heavy atom. The van der Waals surface area contributed by atoms with Gasteiger partial charge in [0.2, 0.25) is 0 Å². The first-order valence-electron chi connectivity index (χ1n) is 7.92. The van der Waals surface area contributed by atoms with E-state index in [0.29, 0.717) is 0 Å². The van der Waals surface area contributed by atoms with Gasteiger partial charge in [0.05, 0.1) is 10.5 Å². The van der Waals surface area contributed by atoms with Crippen molar-refractivity contribution in [1.82, 2.24) is 4.98 Å². The third kappa shape index (κ3) is 1.53. The van der Waals surface area contributed by atoms with Crippen molar-refractivity contribution in [3.05, 3.63) is 70.7 Å². The summed E-state index contributed by atoms with van der Waals surface area (Å²) in [7, 11) is 0. The molecule has 1 aliphatic rings. The summed E-state index contributed by atoms with van der Waals surface area (Å²) < 4.78 is 0. The van der Waals surface area contributed by atoms with Crippen LogP contribution in [0.15, 0.2) is 54.6 Å². The van der Waals surface area contributed by atoms with Crippen LogP contribution in [-0.2, 0) is 5.41 Å². The molecule has 1 aliphatic carbocycles. The van der Waals surface area contributed by atoms with Crippen LogP contribution >= 0.6 is 11.6 Å². The molecule has 0 atom stereocenters. The van der Waals surface area contributed by atoms with Crippen molar-refractivity contribution < 1.29 is 0 Å². The fourth-order valence-corrected chi connectivity index (χ4v) is 4.45. The molecule has 2 heteroatoms. The summed E-state index contributed by atoms with van der Waals surface area (Å²) >= 11 is 6.46. The van der Waals surface area contributed by atoms with Gasteiger partial charge >= 0.3 is 0 Å². The van der Waals surface area contributed by atoms with E-state index in [0.717, 1.165) is 15.9 Å². The van der Waals surface area contributed by atoms with Crippen LogP contribution in [0.1, 0.15) is 25.0 Å². The molecule has 0 amide bonds. The molecular formula is C21H16ClN. The van der Waals surface area contributed by atoms with Gasteiger partial charge in [0.15, 0.2) is 0 Å². The molecule has 0 bridgehead atoms. The largest absolute Gasteiger partial charge is 0.354 e. The Labute approximate surface area is 139 Å². The van der Waals surface area contributed by atoms with Crippen molar-refractivity contribution in [3.8, 4) is 11.1 Å². The number of aromatic amines is 1. The highest BCUT2D eigenvalue weighted by Gasteiger charge is 2.36. The summed E-state index contributed by atoms with van der Waals surface area (Å²) in [4.78, 5) is 3.61. The second-order valence-electron chi connectivity index (χ2n) is 6.87. The van der Waals surface area contributed by atoms with Crippen LogP contribution in [0, 0.1) is 0 Å². The minimum atomic E-state index is 0.0290. The molecule has 0 aliphatic heterocycles. The summed E-state index contributed by atoms with van der Waals surface area (Å²) in [6.45, 7) is 4.61. The molecule has 0 saturated carbocycles. The van der Waals surface area contributed by atoms with Gasteiger partial charge in [-0.2, -0.15) is 0 Å². The molecule has 4 aromatic rings. The van der Waals surface area contributed by atoms with Crippen LogP contribution in [0.5, 0.6) is 0 Å². The topological polar surface area (TPSA) is 15.8 Å². The maximum atomic E-state index is 6.46. The van der Waals surface area contributed by atoms with Gasteiger partial charge < -0.3 is 4.98 Å². The van der Waals surface area contributed by atoms with Crippen molar-refractivity contribution >= 4 is 33.4 Å². The second kappa shape index (κ2) is 4.18. The predicted molar refractivity (Wildman–Crippen MR) is 98.4 cm³/mol. The summed E-state index contributed by atoms with van der Waals surface area (Å²) in [5.41, 5.74) is 7.77. The van der Waals surface area contributed by atoms with Crippen molar-refractivity contribution in [2.24, 2.45) is 0 Å². The predicted octanol–water partition coefficient (Wildman–Crippen LogP) is 6.28. The number of H-pyrrole nitrogens is 1. The Morgan fingerprint density at radius 2 is 1.70 bits per heavy atom. The molecule has 5 rings (SSSR count). The van der Waals surface area contributed by atoms with E-state index in [1.54, 1.807) is 0 Å². The summed E-state index contributed by atoms with van der Waals surface area (Å²) in [5.74, 6) is 0. The van der Waals surface area contributed by atoms with Crippen molar-refractivity contribution in [2.45, 2.75) is 19.3 Å². The molecule has 112 valence electrons. The standard InChI is InChI=1S/C21H16ClN/c1-21(2)14-7-4-3-6-12(14)18-15(21)11-10-13-19-16(22)8-5-9-17(19)23-20(13)18/h3-11,23H,1-2H3. The lowest BCUT2D eigenvalue weighted by molar-refractivity contribution is 0.661. The molecule has 3 aromatic carbocycles. The minimum absolute atomic E-state index is 0.0290. The monoisotopic (exact) mass is 317 g/mol. The van der Waals surface area contributed by atoms with Gasteiger partial charge in [-0.1, -0.05) is 67.9 Å². The van der Waals surface area contributed by atoms with E-state index in [1.165, 1.54) is 33.2 Å². The quantitative estimate of drug-likeness (QED) is 0.393. The first-order chi connectivity index (χ1) is 11.1. The average Bonchev–Trinajstić information content (AvgIpc) is 3.03. The van der Waals surface area contributed by atoms with E-state index in [2.05, 4.69) is 61.3 Å². The van der Waals surface area contributed by atoms with Gasteiger partial charge in [0.25, 0.3) is 0 Å². The normalized spacial score (nSPS) is 15.1. The van der Waals surface area contributed by atoms with Gasteiger partial charge in [0.1, 0.15) is 0 Å². The zero-order valence-electron chi connectivity index (χ0n) is 13.1. The number of hydrogen-bond acceptors (Lipinski definition) is 0. The van der Waals surface area contributed by atoms with Crippen LogP contribution in [0.3, 0.4) is 0 Å². The van der Waals surface area contributed by atoms with Crippen LogP contribution in [-0.4, -0.2) is 4.98 Å². The zero-order chi connectivity index (χ0) is 15.8. The van der Waals surface area contributed by atoms with Gasteiger partial charge in [-0.3, -0.25) is 0 Å². The lowest BCUT2D eigenvalue weighted by atomic mass is 9.82. The van der Waals surface area contributed by atoms with Crippen LogP contribution in [0.25, 0.3) is 32.9 Å². The number of benzene rings is 3. The molecule has 1 heterocycles. The Balaban J connectivity index is 2.02. The Hall–Kier alpha value is -2.25. The van der Waals surface area contributed by atoms with E-state index in [1.807, 2.05) is 12.1 Å². The van der Waals surface area contributed by atoms with Crippen LogP contribution < -0.4 is 0 Å². The Kier molecular flexibility index (Phi) is 2.40. The average molecular weight is 318 g/mol. The molecule has 0 spiro atoms. The number of aromatic nitrogens is 1. The molecule has 23 heavy (non-hydrogen) atoms. The van der Waals surface area contributed by atoms with Gasteiger partial charge in [-0.05, 0) is 28.8 Å². The third-order valence-electron chi connectivity index (χ3n) is 5.29. The fraction of sp³-hybridized carbons (Fsp3) is 0.143. The van der Waals surface area contributed by atoms with Crippen LogP contribution in [0.2, 0.25) is 5.02 Å². The molecule has 1 aromatic heterocycles. The molecule has 1 N–H and O–H groups in total. The SMILES string of the molecule is CC1(C)c2ccccc2-c2c1ccc1c2[nH]c2cccc(Cl)c21. The first kappa shape index (κ1) is 13.2. The van der Waals surface area contributed by atoms with E-state index < -0.39 is 0 Å². The molecule has 0 fully saturated rings. The van der Waals surface area contributed by atoms with E-state index in [4.69, 9.17) is 11.6 Å². The second-order valence-corrected chi connectivity index (χ2v) is 7.28. The third-order valence-corrected chi connectivity index (χ3v) is 5.61. The van der Waals surface area contributed by atoms with E-state index in [9.17, 15) is 0 Å². The van der Waals surface area contributed by atoms with Crippen LogP contribution in [0.4, 0.5) is 0 Å². The van der Waals surface area contributed by atoms with Gasteiger partial charge in [-0.25, -0.2) is 0 Å². The minimum Gasteiger partial charge on any atom is -0.354 e. The highest BCUT2D eigenvalue weighted by Crippen LogP contribution is 2.51. The lowest BCUT2D eigenvalue weighted by Gasteiger charge is -2.21. The zero-order valence-corrected chi connectivity index (χ0v) is 13.8. The number of halogens is 1.